The predicted octanol–water partition coefficient (Wildman–Crippen LogP) is 3.46. The van der Waals surface area contributed by atoms with E-state index in [1.54, 1.807) is 0 Å². The zero-order valence-corrected chi connectivity index (χ0v) is 11.4. The number of rotatable bonds is 3. The third kappa shape index (κ3) is 2.90. The zero-order valence-electron chi connectivity index (χ0n) is 11.4. The molecule has 1 fully saturated rings. The minimum absolute atomic E-state index is 0.187. The van der Waals surface area contributed by atoms with E-state index in [0.717, 1.165) is 10.9 Å². The van der Waals surface area contributed by atoms with Crippen molar-refractivity contribution in [3.63, 3.8) is 0 Å². The third-order valence-corrected chi connectivity index (χ3v) is 3.88. The van der Waals surface area contributed by atoms with E-state index in [0.29, 0.717) is 11.6 Å². The number of nitrogens with zero attached hydrogens (tertiary/aromatic N) is 1. The summed E-state index contributed by atoms with van der Waals surface area (Å²) in [5, 5.41) is 5.13. The number of carbonyl (C=O) groups excluding carboxylic acids is 1. The molecule has 4 heteroatoms. The molecule has 0 radical (unpaired) electrons. The molecule has 0 aliphatic heterocycles. The van der Waals surface area contributed by atoms with E-state index in [9.17, 15) is 4.79 Å². The first kappa shape index (κ1) is 12.9. The molecule has 0 bridgehead atoms. The molecular formula is C16H19N3O. The van der Waals surface area contributed by atoms with Crippen molar-refractivity contribution in [2.45, 2.75) is 32.1 Å². The third-order valence-electron chi connectivity index (χ3n) is 3.88. The highest BCUT2D eigenvalue weighted by atomic mass is 16.2. The van der Waals surface area contributed by atoms with E-state index in [1.807, 2.05) is 36.5 Å². The van der Waals surface area contributed by atoms with Crippen LogP contribution in [-0.4, -0.2) is 17.1 Å². The number of hydrogen-bond acceptors (Lipinski definition) is 2. The Hall–Kier alpha value is -2.10. The lowest BCUT2D eigenvalue weighted by Gasteiger charge is -2.16. The Balaban J connectivity index is 1.62. The standard InChI is InChI=1S/C16H19N3O/c20-16(19-17-11-12-6-2-1-3-7-12)15-10-13-8-4-5-9-14(13)18-15/h4-5,8-12,18H,1-3,6-7H2,(H,19,20)/b17-11+. The Morgan fingerprint density at radius 1 is 1.25 bits per heavy atom. The maximum Gasteiger partial charge on any atom is 0.287 e. The molecular weight excluding hydrogens is 250 g/mol. The van der Waals surface area contributed by atoms with Crippen molar-refractivity contribution >= 4 is 23.0 Å². The zero-order chi connectivity index (χ0) is 13.8. The average molecular weight is 269 g/mol. The summed E-state index contributed by atoms with van der Waals surface area (Å²) in [7, 11) is 0. The van der Waals surface area contributed by atoms with E-state index >= 15 is 0 Å². The van der Waals surface area contributed by atoms with Gasteiger partial charge >= 0.3 is 0 Å². The van der Waals surface area contributed by atoms with Gasteiger partial charge in [0.25, 0.3) is 5.91 Å². The fourth-order valence-electron chi connectivity index (χ4n) is 2.74. The molecule has 1 heterocycles. The van der Waals surface area contributed by atoms with Gasteiger partial charge in [0.15, 0.2) is 0 Å². The number of nitrogens with one attached hydrogen (secondary N) is 2. The van der Waals surface area contributed by atoms with Crippen molar-refractivity contribution in [2.75, 3.05) is 0 Å². The number of benzene rings is 1. The molecule has 2 aromatic rings. The molecule has 1 aliphatic rings. The maximum absolute atomic E-state index is 12.0. The lowest BCUT2D eigenvalue weighted by molar-refractivity contribution is 0.0950. The average Bonchev–Trinajstić information content (AvgIpc) is 2.92. The Bertz CT molecular complexity index is 590. The summed E-state index contributed by atoms with van der Waals surface area (Å²) < 4.78 is 0. The SMILES string of the molecule is O=C(N/N=C/C1CCCCC1)c1cc2ccccc2[nH]1. The van der Waals surface area contributed by atoms with Crippen molar-refractivity contribution in [3.8, 4) is 0 Å². The molecule has 4 nitrogen and oxygen atoms in total. The van der Waals surface area contributed by atoms with Crippen LogP contribution >= 0.6 is 0 Å². The Labute approximate surface area is 118 Å². The highest BCUT2D eigenvalue weighted by Crippen LogP contribution is 2.21. The second-order valence-corrected chi connectivity index (χ2v) is 5.39. The summed E-state index contributed by atoms with van der Waals surface area (Å²) in [6.07, 6.45) is 8.13. The van der Waals surface area contributed by atoms with Gasteiger partial charge in [-0.05, 0) is 30.9 Å². The molecule has 0 spiro atoms. The van der Waals surface area contributed by atoms with Gasteiger partial charge in [-0.2, -0.15) is 5.10 Å². The van der Waals surface area contributed by atoms with Crippen LogP contribution in [0.5, 0.6) is 0 Å². The molecule has 3 rings (SSSR count). The van der Waals surface area contributed by atoms with E-state index in [4.69, 9.17) is 0 Å². The minimum Gasteiger partial charge on any atom is -0.350 e. The fraction of sp³-hybridized carbons (Fsp3) is 0.375. The Morgan fingerprint density at radius 2 is 2.05 bits per heavy atom. The first-order chi connectivity index (χ1) is 9.83. The highest BCUT2D eigenvalue weighted by Gasteiger charge is 2.11. The van der Waals surface area contributed by atoms with Crippen LogP contribution in [-0.2, 0) is 0 Å². The normalized spacial score (nSPS) is 16.8. The molecule has 0 unspecified atom stereocenters. The van der Waals surface area contributed by atoms with Crippen LogP contribution in [0.15, 0.2) is 35.4 Å². The molecule has 1 aromatic carbocycles. The maximum atomic E-state index is 12.0. The summed E-state index contributed by atoms with van der Waals surface area (Å²) in [5.74, 6) is 0.333. The van der Waals surface area contributed by atoms with Crippen LogP contribution in [0.2, 0.25) is 0 Å². The van der Waals surface area contributed by atoms with Crippen molar-refractivity contribution in [3.05, 3.63) is 36.0 Å². The lowest BCUT2D eigenvalue weighted by Crippen LogP contribution is -2.19. The van der Waals surface area contributed by atoms with E-state index < -0.39 is 0 Å². The summed E-state index contributed by atoms with van der Waals surface area (Å²) in [6, 6.07) is 9.69. The van der Waals surface area contributed by atoms with Gasteiger partial charge in [0, 0.05) is 17.1 Å². The largest absolute Gasteiger partial charge is 0.350 e. The first-order valence-electron chi connectivity index (χ1n) is 7.24. The van der Waals surface area contributed by atoms with Gasteiger partial charge in [0.05, 0.1) is 0 Å². The van der Waals surface area contributed by atoms with Crippen molar-refractivity contribution in [1.29, 1.82) is 0 Å². The first-order valence-corrected chi connectivity index (χ1v) is 7.24. The smallest absolute Gasteiger partial charge is 0.287 e. The predicted molar refractivity (Wildman–Crippen MR) is 80.8 cm³/mol. The molecule has 20 heavy (non-hydrogen) atoms. The van der Waals surface area contributed by atoms with Gasteiger partial charge < -0.3 is 4.98 Å². The summed E-state index contributed by atoms with van der Waals surface area (Å²) in [6.45, 7) is 0. The van der Waals surface area contributed by atoms with Gasteiger partial charge in [-0.1, -0.05) is 37.5 Å². The molecule has 2 N–H and O–H groups in total. The number of para-hydroxylation sites is 1. The van der Waals surface area contributed by atoms with Crippen LogP contribution in [0.3, 0.4) is 0 Å². The summed E-state index contributed by atoms with van der Waals surface area (Å²) in [5.41, 5.74) is 4.12. The molecule has 1 aliphatic carbocycles. The monoisotopic (exact) mass is 269 g/mol. The van der Waals surface area contributed by atoms with Gasteiger partial charge in [-0.25, -0.2) is 5.43 Å². The Kier molecular flexibility index (Phi) is 3.81. The molecule has 1 aromatic heterocycles. The van der Waals surface area contributed by atoms with Crippen molar-refractivity contribution in [2.24, 2.45) is 11.0 Å². The molecule has 1 saturated carbocycles. The van der Waals surface area contributed by atoms with Crippen LogP contribution in [0.1, 0.15) is 42.6 Å². The van der Waals surface area contributed by atoms with Gasteiger partial charge in [-0.3, -0.25) is 4.79 Å². The van der Waals surface area contributed by atoms with Crippen LogP contribution in [0.4, 0.5) is 0 Å². The van der Waals surface area contributed by atoms with Crippen molar-refractivity contribution in [1.82, 2.24) is 10.4 Å². The number of aromatic amines is 1. The molecule has 0 atom stereocenters. The second kappa shape index (κ2) is 5.90. The van der Waals surface area contributed by atoms with E-state index in [-0.39, 0.29) is 5.91 Å². The minimum atomic E-state index is -0.187. The number of H-pyrrole nitrogens is 1. The number of carbonyl (C=O) groups is 1. The van der Waals surface area contributed by atoms with Gasteiger partial charge in [-0.15, -0.1) is 0 Å². The number of hydrogen-bond donors (Lipinski definition) is 2. The number of amides is 1. The number of fused-ring (bicyclic) bond motifs is 1. The number of aromatic nitrogens is 1. The van der Waals surface area contributed by atoms with Crippen LogP contribution < -0.4 is 5.43 Å². The van der Waals surface area contributed by atoms with E-state index in [1.165, 1.54) is 32.1 Å². The number of hydrazone groups is 1. The molecule has 0 saturated heterocycles. The van der Waals surface area contributed by atoms with Crippen LogP contribution in [0.25, 0.3) is 10.9 Å². The second-order valence-electron chi connectivity index (χ2n) is 5.39. The quantitative estimate of drug-likeness (QED) is 0.650. The fourth-order valence-corrected chi connectivity index (χ4v) is 2.74. The Morgan fingerprint density at radius 3 is 2.85 bits per heavy atom. The molecule has 104 valence electrons. The highest BCUT2D eigenvalue weighted by molar-refractivity contribution is 5.98. The summed E-state index contributed by atoms with van der Waals surface area (Å²) in [4.78, 5) is 15.1. The van der Waals surface area contributed by atoms with Gasteiger partial charge in [0.1, 0.15) is 5.69 Å². The summed E-state index contributed by atoms with van der Waals surface area (Å²) >= 11 is 0. The van der Waals surface area contributed by atoms with Crippen LogP contribution in [0, 0.1) is 5.92 Å². The van der Waals surface area contributed by atoms with E-state index in [2.05, 4.69) is 15.5 Å². The molecule has 1 amide bonds. The van der Waals surface area contributed by atoms with Gasteiger partial charge in [0.2, 0.25) is 0 Å². The lowest BCUT2D eigenvalue weighted by atomic mass is 9.90. The topological polar surface area (TPSA) is 57.2 Å². The van der Waals surface area contributed by atoms with Crippen molar-refractivity contribution < 1.29 is 4.79 Å².